The highest BCUT2D eigenvalue weighted by molar-refractivity contribution is 6.30. The monoisotopic (exact) mass is 277 g/mol. The van der Waals surface area contributed by atoms with E-state index in [1.165, 1.54) is 11.1 Å². The zero-order chi connectivity index (χ0) is 14.0. The molecule has 2 aromatic rings. The van der Waals surface area contributed by atoms with E-state index in [-0.39, 0.29) is 12.1 Å². The predicted molar refractivity (Wildman–Crippen MR) is 79.6 cm³/mol. The molecule has 0 radical (unpaired) electrons. The fourth-order valence-electron chi connectivity index (χ4n) is 2.42. The van der Waals surface area contributed by atoms with Crippen molar-refractivity contribution in [3.8, 4) is 0 Å². The molecule has 2 atom stereocenters. The summed E-state index contributed by atoms with van der Waals surface area (Å²) in [5, 5.41) is 4.35. The van der Waals surface area contributed by atoms with E-state index in [9.17, 15) is 0 Å². The Morgan fingerprint density at radius 3 is 2.42 bits per heavy atom. The third-order valence-corrected chi connectivity index (χ3v) is 3.63. The smallest absolute Gasteiger partial charge is 0.105 e. The highest BCUT2D eigenvalue weighted by Gasteiger charge is 2.15. The normalized spacial score (nSPS) is 14.4. The van der Waals surface area contributed by atoms with Gasteiger partial charge >= 0.3 is 0 Å². The van der Waals surface area contributed by atoms with Gasteiger partial charge in [0.2, 0.25) is 0 Å². The second kappa shape index (κ2) is 5.81. The third-order valence-electron chi connectivity index (χ3n) is 3.39. The first-order chi connectivity index (χ1) is 8.97. The van der Waals surface area contributed by atoms with E-state index in [2.05, 4.69) is 31.3 Å². The third kappa shape index (κ3) is 3.40. The summed E-state index contributed by atoms with van der Waals surface area (Å²) in [6, 6.07) is 10.5. The molecule has 2 nitrogen and oxygen atoms in total. The fraction of sp³-hybridized carbons (Fsp3) is 0.375. The average Bonchev–Trinajstić information content (AvgIpc) is 2.68. The molecule has 0 aliphatic heterocycles. The molecule has 1 aromatic carbocycles. The SMILES string of the molecule is Cc1cc(C(C)N[C@H](C)c2cccc(Cl)c2)c(C)o1. The Labute approximate surface area is 119 Å². The van der Waals surface area contributed by atoms with Crippen LogP contribution < -0.4 is 5.32 Å². The van der Waals surface area contributed by atoms with Crippen LogP contribution in [0.5, 0.6) is 0 Å². The first-order valence-corrected chi connectivity index (χ1v) is 6.93. The number of furan rings is 1. The molecule has 19 heavy (non-hydrogen) atoms. The van der Waals surface area contributed by atoms with Crippen molar-refractivity contribution >= 4 is 11.6 Å². The quantitative estimate of drug-likeness (QED) is 0.854. The maximum Gasteiger partial charge on any atom is 0.105 e. The van der Waals surface area contributed by atoms with E-state index >= 15 is 0 Å². The van der Waals surface area contributed by atoms with E-state index < -0.39 is 0 Å². The van der Waals surface area contributed by atoms with Gasteiger partial charge in [-0.3, -0.25) is 0 Å². The van der Waals surface area contributed by atoms with Crippen molar-refractivity contribution in [1.29, 1.82) is 0 Å². The summed E-state index contributed by atoms with van der Waals surface area (Å²) < 4.78 is 5.58. The van der Waals surface area contributed by atoms with Crippen LogP contribution in [0.4, 0.5) is 0 Å². The number of halogens is 1. The molecule has 102 valence electrons. The van der Waals surface area contributed by atoms with Crippen LogP contribution in [0.3, 0.4) is 0 Å². The van der Waals surface area contributed by atoms with Crippen LogP contribution in [0.1, 0.15) is 48.6 Å². The van der Waals surface area contributed by atoms with Crippen molar-refractivity contribution in [3.63, 3.8) is 0 Å². The van der Waals surface area contributed by atoms with Crippen LogP contribution in [-0.2, 0) is 0 Å². The highest BCUT2D eigenvalue weighted by atomic mass is 35.5. The molecule has 1 aromatic heterocycles. The Balaban J connectivity index is 2.10. The maximum atomic E-state index is 6.03. The topological polar surface area (TPSA) is 25.2 Å². The van der Waals surface area contributed by atoms with Crippen LogP contribution >= 0.6 is 11.6 Å². The van der Waals surface area contributed by atoms with Crippen molar-refractivity contribution in [1.82, 2.24) is 5.32 Å². The van der Waals surface area contributed by atoms with Gasteiger partial charge in [-0.05, 0) is 51.5 Å². The largest absolute Gasteiger partial charge is 0.466 e. The van der Waals surface area contributed by atoms with E-state index in [4.69, 9.17) is 16.0 Å². The van der Waals surface area contributed by atoms with E-state index in [0.717, 1.165) is 16.5 Å². The Hall–Kier alpha value is -1.25. The number of rotatable bonds is 4. The lowest BCUT2D eigenvalue weighted by Crippen LogP contribution is -2.22. The summed E-state index contributed by atoms with van der Waals surface area (Å²) in [6.07, 6.45) is 0. The van der Waals surface area contributed by atoms with Crippen molar-refractivity contribution in [3.05, 3.63) is 58.0 Å². The molecule has 0 fully saturated rings. The first kappa shape index (κ1) is 14.2. The van der Waals surface area contributed by atoms with Crippen molar-refractivity contribution < 1.29 is 4.42 Å². The minimum Gasteiger partial charge on any atom is -0.466 e. The predicted octanol–water partition coefficient (Wildman–Crippen LogP) is 4.96. The molecular formula is C16H20ClNO. The highest BCUT2D eigenvalue weighted by Crippen LogP contribution is 2.25. The molecule has 0 saturated heterocycles. The standard InChI is InChI=1S/C16H20ClNO/c1-10-8-16(13(4)19-10)12(3)18-11(2)14-6-5-7-15(17)9-14/h5-9,11-12,18H,1-4H3/t11-,12?/m1/s1. The Morgan fingerprint density at radius 2 is 1.84 bits per heavy atom. The summed E-state index contributed by atoms with van der Waals surface area (Å²) in [6.45, 7) is 8.27. The lowest BCUT2D eigenvalue weighted by Gasteiger charge is -2.20. The molecule has 1 N–H and O–H groups in total. The molecule has 0 aliphatic carbocycles. The molecule has 2 rings (SSSR count). The zero-order valence-corrected chi connectivity index (χ0v) is 12.6. The molecule has 3 heteroatoms. The molecule has 0 saturated carbocycles. The second-order valence-corrected chi connectivity index (χ2v) is 5.47. The van der Waals surface area contributed by atoms with Crippen LogP contribution in [0.25, 0.3) is 0 Å². The van der Waals surface area contributed by atoms with Gasteiger partial charge in [0.1, 0.15) is 11.5 Å². The minimum atomic E-state index is 0.239. The van der Waals surface area contributed by atoms with Crippen LogP contribution in [0, 0.1) is 13.8 Å². The number of benzene rings is 1. The van der Waals surface area contributed by atoms with Gasteiger partial charge in [-0.15, -0.1) is 0 Å². The first-order valence-electron chi connectivity index (χ1n) is 6.56. The van der Waals surface area contributed by atoms with Gasteiger partial charge in [-0.25, -0.2) is 0 Å². The Morgan fingerprint density at radius 1 is 1.11 bits per heavy atom. The van der Waals surface area contributed by atoms with E-state index in [1.807, 2.05) is 32.0 Å². The zero-order valence-electron chi connectivity index (χ0n) is 11.8. The summed E-state index contributed by atoms with van der Waals surface area (Å²) in [5.41, 5.74) is 2.41. The maximum absolute atomic E-state index is 6.03. The van der Waals surface area contributed by atoms with Crippen molar-refractivity contribution in [2.45, 2.75) is 39.8 Å². The van der Waals surface area contributed by atoms with Gasteiger partial charge in [-0.1, -0.05) is 23.7 Å². The molecular weight excluding hydrogens is 258 g/mol. The van der Waals surface area contributed by atoms with Crippen molar-refractivity contribution in [2.75, 3.05) is 0 Å². The van der Waals surface area contributed by atoms with Gasteiger partial charge in [-0.2, -0.15) is 0 Å². The number of hydrogen-bond donors (Lipinski definition) is 1. The van der Waals surface area contributed by atoms with Crippen molar-refractivity contribution in [2.24, 2.45) is 0 Å². The molecule has 0 spiro atoms. The average molecular weight is 278 g/mol. The van der Waals surface area contributed by atoms with Crippen LogP contribution in [0.15, 0.2) is 34.7 Å². The van der Waals surface area contributed by atoms with Gasteiger partial charge < -0.3 is 9.73 Å². The number of aryl methyl sites for hydroxylation is 2. The lowest BCUT2D eigenvalue weighted by atomic mass is 10.0. The van der Waals surface area contributed by atoms with Crippen LogP contribution in [-0.4, -0.2) is 0 Å². The van der Waals surface area contributed by atoms with Gasteiger partial charge in [0.25, 0.3) is 0 Å². The molecule has 1 heterocycles. The van der Waals surface area contributed by atoms with Crippen LogP contribution in [0.2, 0.25) is 5.02 Å². The minimum absolute atomic E-state index is 0.239. The lowest BCUT2D eigenvalue weighted by molar-refractivity contribution is 0.469. The summed E-state index contributed by atoms with van der Waals surface area (Å²) in [7, 11) is 0. The Bertz CT molecular complexity index is 562. The van der Waals surface area contributed by atoms with Gasteiger partial charge in [0.05, 0.1) is 0 Å². The van der Waals surface area contributed by atoms with E-state index in [1.54, 1.807) is 0 Å². The number of hydrogen-bond acceptors (Lipinski definition) is 2. The number of nitrogens with one attached hydrogen (secondary N) is 1. The van der Waals surface area contributed by atoms with Gasteiger partial charge in [0, 0.05) is 22.7 Å². The fourth-order valence-corrected chi connectivity index (χ4v) is 2.62. The Kier molecular flexibility index (Phi) is 4.33. The summed E-state index contributed by atoms with van der Waals surface area (Å²) in [4.78, 5) is 0. The molecule has 0 bridgehead atoms. The molecule has 0 aliphatic rings. The molecule has 1 unspecified atom stereocenters. The molecule has 0 amide bonds. The van der Waals surface area contributed by atoms with Gasteiger partial charge in [0.15, 0.2) is 0 Å². The van der Waals surface area contributed by atoms with E-state index in [0.29, 0.717) is 0 Å². The summed E-state index contributed by atoms with van der Waals surface area (Å²) in [5.74, 6) is 1.94. The second-order valence-electron chi connectivity index (χ2n) is 5.03. The summed E-state index contributed by atoms with van der Waals surface area (Å²) >= 11 is 6.03.